The lowest BCUT2D eigenvalue weighted by molar-refractivity contribution is -0.117. The Morgan fingerprint density at radius 3 is 2.66 bits per heavy atom. The Kier molecular flexibility index (Phi) is 7.04. The van der Waals surface area contributed by atoms with Crippen LogP contribution in [0.25, 0.3) is 10.9 Å². The third-order valence-corrected chi connectivity index (χ3v) is 7.04. The van der Waals surface area contributed by atoms with Gasteiger partial charge in [0.15, 0.2) is 0 Å². The molecule has 2 aliphatic rings. The van der Waals surface area contributed by atoms with Gasteiger partial charge in [0, 0.05) is 30.2 Å². The fourth-order valence-corrected chi connectivity index (χ4v) is 5.49. The van der Waals surface area contributed by atoms with Gasteiger partial charge < -0.3 is 9.36 Å². The van der Waals surface area contributed by atoms with Crippen molar-refractivity contribution in [2.24, 2.45) is 0 Å². The number of nitrogens with zero attached hydrogens (tertiary/aromatic N) is 3. The Balaban J connectivity index is 1.32. The largest absolute Gasteiger partial charge is 0.347 e. The lowest BCUT2D eigenvalue weighted by Crippen LogP contribution is -2.56. The van der Waals surface area contributed by atoms with Crippen LogP contribution in [0.3, 0.4) is 0 Å². The second-order valence-electron chi connectivity index (χ2n) is 9.03. The van der Waals surface area contributed by atoms with E-state index in [4.69, 9.17) is 0 Å². The highest BCUT2D eigenvalue weighted by Gasteiger charge is 2.32. The third-order valence-electron chi connectivity index (χ3n) is 7.04. The van der Waals surface area contributed by atoms with Gasteiger partial charge in [-0.1, -0.05) is 24.6 Å². The third kappa shape index (κ3) is 4.75. The summed E-state index contributed by atoms with van der Waals surface area (Å²) in [6.45, 7) is 6.75. The van der Waals surface area contributed by atoms with E-state index >= 15 is 0 Å². The smallest absolute Gasteiger partial charge is 0.137 e. The molecule has 0 amide bonds. The number of fused-ring (bicyclic) bond motifs is 1. The molecule has 1 aromatic heterocycles. The Morgan fingerprint density at radius 2 is 1.83 bits per heavy atom. The van der Waals surface area contributed by atoms with Crippen LogP contribution in [-0.4, -0.2) is 52.5 Å². The number of carbonyl (C=O) groups is 1. The van der Waals surface area contributed by atoms with E-state index in [-0.39, 0.29) is 6.04 Å². The number of aldehydes is 1. The van der Waals surface area contributed by atoms with Crippen molar-refractivity contribution >= 4 is 17.2 Å². The van der Waals surface area contributed by atoms with E-state index in [2.05, 4.69) is 51.8 Å². The van der Waals surface area contributed by atoms with E-state index in [1.165, 1.54) is 74.4 Å². The van der Waals surface area contributed by atoms with Gasteiger partial charge in [0.05, 0.1) is 12.2 Å². The Bertz CT molecular complexity index is 792. The number of aromatic nitrogens is 1. The van der Waals surface area contributed by atoms with Crippen molar-refractivity contribution in [2.45, 2.75) is 83.5 Å². The van der Waals surface area contributed by atoms with E-state index in [1.807, 2.05) is 0 Å². The molecule has 0 radical (unpaired) electrons. The molecule has 3 heterocycles. The number of hydrogen-bond acceptors (Lipinski definition) is 3. The zero-order chi connectivity index (χ0) is 20.1. The van der Waals surface area contributed by atoms with E-state index in [9.17, 15) is 4.79 Å². The van der Waals surface area contributed by atoms with Crippen molar-refractivity contribution in [3.05, 3.63) is 36.0 Å². The molecule has 1 aromatic carbocycles. The molecule has 4 nitrogen and oxygen atoms in total. The number of benzene rings is 1. The summed E-state index contributed by atoms with van der Waals surface area (Å²) in [6, 6.07) is 8.75. The summed E-state index contributed by atoms with van der Waals surface area (Å²) in [7, 11) is 0. The lowest BCUT2D eigenvalue weighted by atomic mass is 9.99. The minimum absolute atomic E-state index is 0.0883. The van der Waals surface area contributed by atoms with Crippen LogP contribution in [0.5, 0.6) is 0 Å². The van der Waals surface area contributed by atoms with Gasteiger partial charge in [-0.3, -0.25) is 9.80 Å². The number of para-hydroxylation sites is 1. The predicted octanol–water partition coefficient (Wildman–Crippen LogP) is 4.99. The number of piperidine rings is 2. The second-order valence-corrected chi connectivity index (χ2v) is 9.03. The van der Waals surface area contributed by atoms with Gasteiger partial charge in [0.25, 0.3) is 0 Å². The maximum absolute atomic E-state index is 12.0. The van der Waals surface area contributed by atoms with E-state index in [1.54, 1.807) is 0 Å². The molecule has 2 aliphatic heterocycles. The maximum atomic E-state index is 12.0. The summed E-state index contributed by atoms with van der Waals surface area (Å²) < 4.78 is 2.39. The summed E-state index contributed by atoms with van der Waals surface area (Å²) in [5, 5.41) is 1.36. The molecule has 2 unspecified atom stereocenters. The van der Waals surface area contributed by atoms with E-state index in [0.29, 0.717) is 6.17 Å². The van der Waals surface area contributed by atoms with Crippen molar-refractivity contribution in [2.75, 3.05) is 19.6 Å². The van der Waals surface area contributed by atoms with Gasteiger partial charge in [-0.25, -0.2) is 0 Å². The number of hydrogen-bond donors (Lipinski definition) is 0. The van der Waals surface area contributed by atoms with Gasteiger partial charge in [0.2, 0.25) is 0 Å². The van der Waals surface area contributed by atoms with Gasteiger partial charge in [-0.05, 0) is 83.0 Å². The molecule has 2 saturated heterocycles. The molecule has 0 bridgehead atoms. The van der Waals surface area contributed by atoms with Crippen LogP contribution >= 0.6 is 0 Å². The van der Waals surface area contributed by atoms with Crippen LogP contribution in [0.15, 0.2) is 30.5 Å². The van der Waals surface area contributed by atoms with E-state index in [0.717, 1.165) is 32.4 Å². The van der Waals surface area contributed by atoms with Gasteiger partial charge in [-0.15, -0.1) is 0 Å². The van der Waals surface area contributed by atoms with Crippen LogP contribution < -0.4 is 0 Å². The molecule has 158 valence electrons. The summed E-state index contributed by atoms with van der Waals surface area (Å²) in [5.41, 5.74) is 2.68. The van der Waals surface area contributed by atoms with E-state index < -0.39 is 0 Å². The van der Waals surface area contributed by atoms with Crippen LogP contribution in [0.4, 0.5) is 0 Å². The SMILES string of the molecule is Cc1cn(CCCCC(C=O)N2CCCCC2N2CCCCC2)c2ccccc12. The van der Waals surface area contributed by atoms with Crippen molar-refractivity contribution in [3.8, 4) is 0 Å². The first-order valence-electron chi connectivity index (χ1n) is 11.8. The topological polar surface area (TPSA) is 28.5 Å². The fourth-order valence-electron chi connectivity index (χ4n) is 5.49. The molecule has 2 aromatic rings. The lowest BCUT2D eigenvalue weighted by Gasteiger charge is -2.46. The standard InChI is InChI=1S/C25H37N3O/c1-21-19-27(24-13-4-3-12-23(21)24)17-9-5-11-22(20-29)28-18-10-6-14-25(28)26-15-7-2-8-16-26/h3-4,12-13,19-20,22,25H,2,5-11,14-18H2,1H3. The quantitative estimate of drug-likeness (QED) is 0.466. The summed E-state index contributed by atoms with van der Waals surface area (Å²) in [4.78, 5) is 17.2. The zero-order valence-electron chi connectivity index (χ0n) is 18.1. The maximum Gasteiger partial charge on any atom is 0.137 e. The van der Waals surface area contributed by atoms with Crippen molar-refractivity contribution in [1.82, 2.24) is 14.4 Å². The normalized spacial score (nSPS) is 22.7. The first-order chi connectivity index (χ1) is 14.3. The predicted molar refractivity (Wildman–Crippen MR) is 120 cm³/mol. The van der Waals surface area contributed by atoms with Crippen molar-refractivity contribution < 1.29 is 4.79 Å². The highest BCUT2D eigenvalue weighted by molar-refractivity contribution is 5.83. The van der Waals surface area contributed by atoms with Crippen LogP contribution in [-0.2, 0) is 11.3 Å². The molecule has 2 fully saturated rings. The molecule has 0 aliphatic carbocycles. The van der Waals surface area contributed by atoms with Crippen molar-refractivity contribution in [3.63, 3.8) is 0 Å². The zero-order valence-corrected chi connectivity index (χ0v) is 18.1. The molecule has 4 heteroatoms. The summed E-state index contributed by atoms with van der Waals surface area (Å²) in [5.74, 6) is 0. The molecule has 29 heavy (non-hydrogen) atoms. The Labute approximate surface area is 175 Å². The summed E-state index contributed by atoms with van der Waals surface area (Å²) >= 11 is 0. The number of rotatable bonds is 8. The first-order valence-corrected chi connectivity index (χ1v) is 11.8. The van der Waals surface area contributed by atoms with Gasteiger partial charge in [-0.2, -0.15) is 0 Å². The molecular weight excluding hydrogens is 358 g/mol. The molecule has 0 N–H and O–H groups in total. The highest BCUT2D eigenvalue weighted by atomic mass is 16.1. The molecular formula is C25H37N3O. The first kappa shape index (κ1) is 20.6. The fraction of sp³-hybridized carbons (Fsp3) is 0.640. The highest BCUT2D eigenvalue weighted by Crippen LogP contribution is 2.27. The number of carbonyl (C=O) groups excluding carboxylic acids is 1. The number of unbranched alkanes of at least 4 members (excludes halogenated alkanes) is 1. The molecule has 0 saturated carbocycles. The second kappa shape index (κ2) is 9.90. The van der Waals surface area contributed by atoms with Gasteiger partial charge in [0.1, 0.15) is 6.29 Å². The minimum atomic E-state index is 0.0883. The average Bonchev–Trinajstić information content (AvgIpc) is 3.10. The van der Waals surface area contributed by atoms with Crippen LogP contribution in [0, 0.1) is 6.92 Å². The number of aryl methyl sites for hydroxylation is 2. The van der Waals surface area contributed by atoms with Crippen LogP contribution in [0.1, 0.15) is 63.4 Å². The molecule has 2 atom stereocenters. The monoisotopic (exact) mass is 395 g/mol. The average molecular weight is 396 g/mol. The van der Waals surface area contributed by atoms with Gasteiger partial charge >= 0.3 is 0 Å². The molecule has 4 rings (SSSR count). The molecule has 0 spiro atoms. The number of likely N-dealkylation sites (tertiary alicyclic amines) is 2. The van der Waals surface area contributed by atoms with Crippen molar-refractivity contribution in [1.29, 1.82) is 0 Å². The Morgan fingerprint density at radius 1 is 1.03 bits per heavy atom. The van der Waals surface area contributed by atoms with Crippen LogP contribution in [0.2, 0.25) is 0 Å². The minimum Gasteiger partial charge on any atom is -0.347 e. The Hall–Kier alpha value is -1.65. The summed E-state index contributed by atoms with van der Waals surface area (Å²) in [6.07, 6.45) is 15.0.